The van der Waals surface area contributed by atoms with Crippen LogP contribution in [0, 0.1) is 12.8 Å². The van der Waals surface area contributed by atoms with Gasteiger partial charge in [0.25, 0.3) is 0 Å². The Morgan fingerprint density at radius 2 is 1.97 bits per heavy atom. The van der Waals surface area contributed by atoms with Crippen molar-refractivity contribution in [2.45, 2.75) is 26.3 Å². The molecule has 8 nitrogen and oxygen atoms in total. The number of carbonyl (C=O) groups is 1. The zero-order valence-corrected chi connectivity index (χ0v) is 20.5. The number of nitrogens with one attached hydrogen (secondary N) is 2. The van der Waals surface area contributed by atoms with Crippen molar-refractivity contribution in [3.8, 4) is 0 Å². The second-order valence-electron chi connectivity index (χ2n) is 8.93. The zero-order chi connectivity index (χ0) is 24.6. The van der Waals surface area contributed by atoms with Gasteiger partial charge in [0.1, 0.15) is 6.04 Å². The molecule has 0 saturated carbocycles. The quantitative estimate of drug-likeness (QED) is 0.498. The average Bonchev–Trinajstić information content (AvgIpc) is 3.17. The summed E-state index contributed by atoms with van der Waals surface area (Å²) in [6.07, 6.45) is 3.77. The number of aromatic nitrogens is 2. The smallest absolute Gasteiger partial charge is 0.246 e. The molecule has 0 aliphatic heterocycles. The van der Waals surface area contributed by atoms with Crippen molar-refractivity contribution in [1.82, 2.24) is 15.1 Å². The van der Waals surface area contributed by atoms with Crippen LogP contribution < -0.4 is 10.5 Å². The summed E-state index contributed by atoms with van der Waals surface area (Å²) in [4.78, 5) is 15.3. The Morgan fingerprint density at radius 3 is 2.65 bits per heavy atom. The monoisotopic (exact) mass is 479 g/mol. The highest BCUT2D eigenvalue weighted by Crippen LogP contribution is 2.36. The fourth-order valence-corrected chi connectivity index (χ4v) is 4.96. The predicted octanol–water partition coefficient (Wildman–Crippen LogP) is 3.71. The first kappa shape index (κ1) is 23.9. The number of sulfonamides is 1. The van der Waals surface area contributed by atoms with Gasteiger partial charge in [-0.25, -0.2) is 13.6 Å². The van der Waals surface area contributed by atoms with Crippen LogP contribution in [0.4, 0.5) is 5.69 Å². The van der Waals surface area contributed by atoms with Crippen molar-refractivity contribution in [2.24, 2.45) is 11.1 Å². The van der Waals surface area contributed by atoms with E-state index in [9.17, 15) is 13.2 Å². The van der Waals surface area contributed by atoms with Crippen LogP contribution in [0.25, 0.3) is 16.5 Å². The van der Waals surface area contributed by atoms with Crippen LogP contribution in [0.3, 0.4) is 0 Å². The van der Waals surface area contributed by atoms with Gasteiger partial charge in [0.05, 0.1) is 16.1 Å². The van der Waals surface area contributed by atoms with Crippen molar-refractivity contribution in [1.29, 1.82) is 0 Å². The third kappa shape index (κ3) is 4.68. The largest absolute Gasteiger partial charge is 0.324 e. The van der Waals surface area contributed by atoms with Gasteiger partial charge >= 0.3 is 0 Å². The summed E-state index contributed by atoms with van der Waals surface area (Å²) < 4.78 is 23.8. The minimum absolute atomic E-state index is 0.0643. The number of likely N-dealkylation sites (N-methyl/N-ethyl adjacent to an activating group) is 1. The number of H-pyrrole nitrogens is 1. The van der Waals surface area contributed by atoms with E-state index in [2.05, 4.69) is 15.5 Å². The number of benzene rings is 2. The fraction of sp³-hybridized carbons (Fsp3) is 0.280. The zero-order valence-electron chi connectivity index (χ0n) is 19.7. The molecule has 0 saturated heterocycles. The standard InChI is InChI=1S/C25H29N5O3S/c1-15-7-5-6-8-19(15)24(30(3)4)25(31)27-17-10-12-22-21(13-17)23(29-28-22)20-14-18(34(26,32)33)11-9-16(20)2/h5-8,10-14,16,24H,9H2,1-4H3,(H,27,31)(H,28,29)(H2,26,32,33). The lowest BCUT2D eigenvalue weighted by atomic mass is 9.89. The minimum Gasteiger partial charge on any atom is -0.324 e. The first-order chi connectivity index (χ1) is 16.1. The van der Waals surface area contributed by atoms with Crippen LogP contribution in [0.5, 0.6) is 0 Å². The van der Waals surface area contributed by atoms with E-state index >= 15 is 0 Å². The van der Waals surface area contributed by atoms with Crippen LogP contribution in [-0.2, 0) is 14.8 Å². The molecule has 0 radical (unpaired) electrons. The Balaban J connectivity index is 1.69. The van der Waals surface area contributed by atoms with Crippen molar-refractivity contribution in [3.05, 3.63) is 76.3 Å². The topological polar surface area (TPSA) is 121 Å². The van der Waals surface area contributed by atoms with Gasteiger partial charge in [-0.05, 0) is 74.3 Å². The van der Waals surface area contributed by atoms with E-state index in [1.54, 1.807) is 12.2 Å². The van der Waals surface area contributed by atoms with E-state index < -0.39 is 16.1 Å². The molecule has 9 heteroatoms. The van der Waals surface area contributed by atoms with Crippen molar-refractivity contribution >= 4 is 38.1 Å². The maximum Gasteiger partial charge on any atom is 0.246 e. The lowest BCUT2D eigenvalue weighted by Gasteiger charge is -2.25. The second kappa shape index (κ2) is 9.17. The molecule has 0 spiro atoms. The van der Waals surface area contributed by atoms with Gasteiger partial charge in [-0.1, -0.05) is 37.3 Å². The Morgan fingerprint density at radius 1 is 1.24 bits per heavy atom. The molecule has 1 aliphatic carbocycles. The number of fused-ring (bicyclic) bond motifs is 1. The molecule has 3 aromatic rings. The number of rotatable bonds is 6. The van der Waals surface area contributed by atoms with E-state index in [-0.39, 0.29) is 16.7 Å². The molecular formula is C25H29N5O3S. The van der Waals surface area contributed by atoms with E-state index in [1.807, 2.05) is 75.3 Å². The van der Waals surface area contributed by atoms with Crippen LogP contribution in [-0.4, -0.2) is 43.5 Å². The van der Waals surface area contributed by atoms with Crippen LogP contribution >= 0.6 is 0 Å². The van der Waals surface area contributed by atoms with Gasteiger partial charge in [0.15, 0.2) is 0 Å². The Labute approximate surface area is 199 Å². The molecule has 1 amide bonds. The molecule has 178 valence electrons. The maximum absolute atomic E-state index is 13.3. The number of allylic oxidation sites excluding steroid dienone is 3. The van der Waals surface area contributed by atoms with Crippen LogP contribution in [0.15, 0.2) is 59.5 Å². The highest BCUT2D eigenvalue weighted by molar-refractivity contribution is 7.93. The van der Waals surface area contributed by atoms with E-state index in [1.165, 1.54) is 0 Å². The number of primary sulfonamides is 1. The molecule has 0 fully saturated rings. The third-order valence-corrected chi connectivity index (χ3v) is 7.12. The Hall–Kier alpha value is -3.27. The van der Waals surface area contributed by atoms with Crippen molar-refractivity contribution in [2.75, 3.05) is 19.4 Å². The summed E-state index contributed by atoms with van der Waals surface area (Å²) in [5, 5.41) is 16.6. The number of aryl methyl sites for hydroxylation is 1. The summed E-state index contributed by atoms with van der Waals surface area (Å²) >= 11 is 0. The van der Waals surface area contributed by atoms with Gasteiger partial charge in [-0.15, -0.1) is 0 Å². The maximum atomic E-state index is 13.3. The average molecular weight is 480 g/mol. The van der Waals surface area contributed by atoms with Crippen LogP contribution in [0.2, 0.25) is 0 Å². The van der Waals surface area contributed by atoms with Gasteiger partial charge in [0, 0.05) is 11.1 Å². The number of amides is 1. The minimum atomic E-state index is -3.81. The molecular weight excluding hydrogens is 450 g/mol. The lowest BCUT2D eigenvalue weighted by Crippen LogP contribution is -2.32. The first-order valence-corrected chi connectivity index (χ1v) is 12.6. The molecule has 0 bridgehead atoms. The number of anilines is 1. The molecule has 4 rings (SSSR count). The Bertz CT molecular complexity index is 1420. The molecule has 2 unspecified atom stereocenters. The fourth-order valence-electron chi connectivity index (χ4n) is 4.34. The number of hydrogen-bond acceptors (Lipinski definition) is 5. The summed E-state index contributed by atoms with van der Waals surface area (Å²) in [6, 6.07) is 12.9. The lowest BCUT2D eigenvalue weighted by molar-refractivity contribution is -0.120. The predicted molar refractivity (Wildman–Crippen MR) is 135 cm³/mol. The summed E-state index contributed by atoms with van der Waals surface area (Å²) in [6.45, 7) is 4.00. The van der Waals surface area contributed by atoms with Gasteiger partial charge < -0.3 is 5.32 Å². The second-order valence-corrected chi connectivity index (χ2v) is 10.5. The molecule has 1 aromatic heterocycles. The Kier molecular flexibility index (Phi) is 6.44. The molecule has 1 heterocycles. The molecule has 2 aromatic carbocycles. The summed E-state index contributed by atoms with van der Waals surface area (Å²) in [7, 11) is -0.0600. The van der Waals surface area contributed by atoms with E-state index in [0.717, 1.165) is 27.6 Å². The van der Waals surface area contributed by atoms with Gasteiger partial charge in [-0.3, -0.25) is 14.8 Å². The van der Waals surface area contributed by atoms with E-state index in [0.29, 0.717) is 17.8 Å². The number of nitrogens with zero attached hydrogens (tertiary/aromatic N) is 2. The number of nitrogens with two attached hydrogens (primary N) is 1. The normalized spacial score (nSPS) is 17.4. The summed E-state index contributed by atoms with van der Waals surface area (Å²) in [5.74, 6) is -0.0807. The molecule has 1 aliphatic rings. The summed E-state index contributed by atoms with van der Waals surface area (Å²) in [5.41, 5.74) is 4.84. The molecule has 2 atom stereocenters. The van der Waals surface area contributed by atoms with Crippen molar-refractivity contribution < 1.29 is 13.2 Å². The van der Waals surface area contributed by atoms with Crippen molar-refractivity contribution in [3.63, 3.8) is 0 Å². The first-order valence-electron chi connectivity index (χ1n) is 11.0. The van der Waals surface area contributed by atoms with Gasteiger partial charge in [-0.2, -0.15) is 5.10 Å². The molecule has 4 N–H and O–H groups in total. The van der Waals surface area contributed by atoms with Crippen LogP contribution in [0.1, 0.15) is 36.2 Å². The highest BCUT2D eigenvalue weighted by Gasteiger charge is 2.26. The number of hydrogen-bond donors (Lipinski definition) is 3. The van der Waals surface area contributed by atoms with E-state index in [4.69, 9.17) is 5.14 Å². The van der Waals surface area contributed by atoms with Gasteiger partial charge in [0.2, 0.25) is 15.9 Å². The molecule has 34 heavy (non-hydrogen) atoms. The highest BCUT2D eigenvalue weighted by atomic mass is 32.2. The number of carbonyl (C=O) groups excluding carboxylic acids is 1. The third-order valence-electron chi connectivity index (χ3n) is 6.18. The number of aromatic amines is 1. The SMILES string of the molecule is Cc1ccccc1C(C(=O)Nc1ccc2[nH]nc(C3=CC(S(N)(=O)=O)=CCC3C)c2c1)N(C)C.